The van der Waals surface area contributed by atoms with E-state index in [4.69, 9.17) is 4.74 Å². The summed E-state index contributed by atoms with van der Waals surface area (Å²) in [5.74, 6) is 0.123. The second kappa shape index (κ2) is 6.49. The summed E-state index contributed by atoms with van der Waals surface area (Å²) in [5.41, 5.74) is 3.59. The maximum Gasteiger partial charge on any atom is 0.227 e. The lowest BCUT2D eigenvalue weighted by molar-refractivity contribution is -0.151. The van der Waals surface area contributed by atoms with Crippen LogP contribution in [0.15, 0.2) is 18.2 Å². The van der Waals surface area contributed by atoms with E-state index in [2.05, 4.69) is 18.2 Å². The molecule has 24 heavy (non-hydrogen) atoms. The Bertz CT molecular complexity index is 621. The van der Waals surface area contributed by atoms with Crippen LogP contribution in [0.3, 0.4) is 0 Å². The second-order valence-electron chi connectivity index (χ2n) is 7.61. The largest absolute Gasteiger partial charge is 0.388 e. The summed E-state index contributed by atoms with van der Waals surface area (Å²) in [6, 6.07) is 6.52. The van der Waals surface area contributed by atoms with Crippen molar-refractivity contribution in [3.8, 4) is 0 Å². The summed E-state index contributed by atoms with van der Waals surface area (Å²) in [6.45, 7) is 1.84. The molecule has 0 aromatic heterocycles. The minimum atomic E-state index is -0.554. The lowest BCUT2D eigenvalue weighted by atomic mass is 9.85. The van der Waals surface area contributed by atoms with Gasteiger partial charge in [0.1, 0.15) is 6.10 Å². The number of aliphatic hydroxyl groups is 1. The maximum absolute atomic E-state index is 12.7. The van der Waals surface area contributed by atoms with Gasteiger partial charge in [0.05, 0.1) is 12.0 Å². The van der Waals surface area contributed by atoms with Crippen LogP contribution in [0, 0.1) is 0 Å². The van der Waals surface area contributed by atoms with Crippen LogP contribution in [0.1, 0.15) is 48.8 Å². The number of likely N-dealkylation sites (tertiary alicyclic amines) is 1. The Morgan fingerprint density at radius 2 is 2.04 bits per heavy atom. The zero-order valence-corrected chi connectivity index (χ0v) is 14.3. The van der Waals surface area contributed by atoms with E-state index in [1.807, 2.05) is 4.90 Å². The molecule has 2 fully saturated rings. The topological polar surface area (TPSA) is 49.8 Å². The molecule has 1 N–H and O–H groups in total. The standard InChI is InChI=1S/C20H27NO3/c22-18-14-21(10-9-20(18)8-3-11-24-20)19(23)13-15-6-7-16-4-1-2-5-17(16)12-15/h6-7,12,18,22H,1-5,8-11,13-14H2/t18-,20-/m0/s1. The molecule has 1 aromatic carbocycles. The van der Waals surface area contributed by atoms with Crippen LogP contribution in [-0.2, 0) is 28.8 Å². The first kappa shape index (κ1) is 16.1. The molecule has 0 unspecified atom stereocenters. The second-order valence-corrected chi connectivity index (χ2v) is 7.61. The number of fused-ring (bicyclic) bond motifs is 1. The van der Waals surface area contributed by atoms with Gasteiger partial charge in [0.25, 0.3) is 0 Å². The highest BCUT2D eigenvalue weighted by Gasteiger charge is 2.46. The number of hydrogen-bond acceptors (Lipinski definition) is 3. The maximum atomic E-state index is 12.7. The fraction of sp³-hybridized carbons (Fsp3) is 0.650. The molecule has 2 heterocycles. The van der Waals surface area contributed by atoms with Gasteiger partial charge in [-0.3, -0.25) is 4.79 Å². The molecule has 4 rings (SSSR count). The van der Waals surface area contributed by atoms with Crippen molar-refractivity contribution in [2.45, 2.75) is 63.1 Å². The Hall–Kier alpha value is -1.39. The number of ether oxygens (including phenoxy) is 1. The van der Waals surface area contributed by atoms with Crippen molar-refractivity contribution >= 4 is 5.91 Å². The van der Waals surface area contributed by atoms with Crippen LogP contribution in [0.2, 0.25) is 0 Å². The minimum absolute atomic E-state index is 0.123. The van der Waals surface area contributed by atoms with E-state index >= 15 is 0 Å². The lowest BCUT2D eigenvalue weighted by Gasteiger charge is -2.42. The number of carbonyl (C=O) groups excluding carboxylic acids is 1. The molecule has 2 atom stereocenters. The van der Waals surface area contributed by atoms with Crippen molar-refractivity contribution < 1.29 is 14.6 Å². The van der Waals surface area contributed by atoms with Crippen LogP contribution in [0.4, 0.5) is 0 Å². The Labute approximate surface area is 143 Å². The highest BCUT2D eigenvalue weighted by atomic mass is 16.5. The average Bonchev–Trinajstić information content (AvgIpc) is 3.07. The minimum Gasteiger partial charge on any atom is -0.388 e. The van der Waals surface area contributed by atoms with Crippen LogP contribution in [0.25, 0.3) is 0 Å². The van der Waals surface area contributed by atoms with E-state index in [1.54, 1.807) is 0 Å². The normalized spacial score (nSPS) is 29.7. The average molecular weight is 329 g/mol. The Morgan fingerprint density at radius 1 is 1.21 bits per heavy atom. The van der Waals surface area contributed by atoms with Gasteiger partial charge in [0.2, 0.25) is 5.91 Å². The molecular formula is C20H27NO3. The quantitative estimate of drug-likeness (QED) is 0.905. The van der Waals surface area contributed by atoms with Gasteiger partial charge in [-0.2, -0.15) is 0 Å². The van der Waals surface area contributed by atoms with Gasteiger partial charge < -0.3 is 14.7 Å². The number of rotatable bonds is 2. The first-order valence-corrected chi connectivity index (χ1v) is 9.37. The molecule has 0 saturated carbocycles. The number of nitrogens with zero attached hydrogens (tertiary/aromatic N) is 1. The van der Waals surface area contributed by atoms with Crippen molar-refractivity contribution in [3.05, 3.63) is 34.9 Å². The first-order chi connectivity index (χ1) is 11.7. The first-order valence-electron chi connectivity index (χ1n) is 9.37. The number of hydrogen-bond donors (Lipinski definition) is 1. The van der Waals surface area contributed by atoms with Gasteiger partial charge in [-0.25, -0.2) is 0 Å². The van der Waals surface area contributed by atoms with Crippen molar-refractivity contribution in [1.29, 1.82) is 0 Å². The number of aliphatic hydroxyl groups excluding tert-OH is 1. The Kier molecular flexibility index (Phi) is 4.35. The summed E-state index contributed by atoms with van der Waals surface area (Å²) in [6.07, 6.45) is 7.41. The Morgan fingerprint density at radius 3 is 2.79 bits per heavy atom. The monoisotopic (exact) mass is 329 g/mol. The number of β-amino-alcohol motifs (C(OH)–C–C–N with tert-alkyl or cyclic N) is 1. The fourth-order valence-corrected chi connectivity index (χ4v) is 4.55. The van der Waals surface area contributed by atoms with E-state index in [0.717, 1.165) is 37.9 Å². The number of amides is 1. The van der Waals surface area contributed by atoms with Crippen LogP contribution in [0.5, 0.6) is 0 Å². The number of carbonyl (C=O) groups is 1. The molecule has 0 radical (unpaired) electrons. The lowest BCUT2D eigenvalue weighted by Crippen LogP contribution is -2.56. The number of benzene rings is 1. The van der Waals surface area contributed by atoms with E-state index < -0.39 is 6.10 Å². The van der Waals surface area contributed by atoms with Gasteiger partial charge in [-0.1, -0.05) is 18.2 Å². The third-order valence-electron chi connectivity index (χ3n) is 6.06. The Balaban J connectivity index is 1.40. The highest BCUT2D eigenvalue weighted by molar-refractivity contribution is 5.79. The third kappa shape index (κ3) is 2.98. The predicted octanol–water partition coefficient (Wildman–Crippen LogP) is 2.25. The van der Waals surface area contributed by atoms with Crippen molar-refractivity contribution in [1.82, 2.24) is 4.90 Å². The zero-order chi connectivity index (χ0) is 16.6. The molecule has 1 aliphatic carbocycles. The molecule has 2 saturated heterocycles. The van der Waals surface area contributed by atoms with Crippen molar-refractivity contribution in [3.63, 3.8) is 0 Å². The highest BCUT2D eigenvalue weighted by Crippen LogP contribution is 2.36. The van der Waals surface area contributed by atoms with Gasteiger partial charge >= 0.3 is 0 Å². The van der Waals surface area contributed by atoms with Crippen molar-refractivity contribution in [2.24, 2.45) is 0 Å². The molecule has 1 spiro atoms. The van der Waals surface area contributed by atoms with Gasteiger partial charge in [-0.05, 0) is 61.6 Å². The molecule has 4 heteroatoms. The van der Waals surface area contributed by atoms with Crippen LogP contribution >= 0.6 is 0 Å². The van der Waals surface area contributed by atoms with Gasteiger partial charge in [-0.15, -0.1) is 0 Å². The summed E-state index contributed by atoms with van der Waals surface area (Å²) in [4.78, 5) is 14.5. The molecule has 1 amide bonds. The van der Waals surface area contributed by atoms with E-state index in [1.165, 1.54) is 30.4 Å². The third-order valence-corrected chi connectivity index (χ3v) is 6.06. The summed E-state index contributed by atoms with van der Waals surface area (Å²) in [5, 5.41) is 10.5. The van der Waals surface area contributed by atoms with Crippen molar-refractivity contribution in [2.75, 3.05) is 19.7 Å². The van der Waals surface area contributed by atoms with Gasteiger partial charge in [0, 0.05) is 19.7 Å². The molecule has 1 aromatic rings. The van der Waals surface area contributed by atoms with Gasteiger partial charge in [0.15, 0.2) is 0 Å². The zero-order valence-electron chi connectivity index (χ0n) is 14.3. The number of piperidine rings is 1. The number of aryl methyl sites for hydroxylation is 2. The van der Waals surface area contributed by atoms with E-state index in [0.29, 0.717) is 19.5 Å². The smallest absolute Gasteiger partial charge is 0.227 e. The summed E-state index contributed by atoms with van der Waals surface area (Å²) >= 11 is 0. The fourth-order valence-electron chi connectivity index (χ4n) is 4.55. The summed E-state index contributed by atoms with van der Waals surface area (Å²) in [7, 11) is 0. The molecule has 130 valence electrons. The van der Waals surface area contributed by atoms with Crippen LogP contribution in [-0.4, -0.2) is 47.3 Å². The van der Waals surface area contributed by atoms with E-state index in [9.17, 15) is 9.90 Å². The molecular weight excluding hydrogens is 302 g/mol. The molecule has 3 aliphatic rings. The predicted molar refractivity (Wildman–Crippen MR) is 91.9 cm³/mol. The van der Waals surface area contributed by atoms with Crippen LogP contribution < -0.4 is 0 Å². The molecule has 2 aliphatic heterocycles. The molecule has 0 bridgehead atoms. The SMILES string of the molecule is O=C(Cc1ccc2c(c1)CCCC2)N1CC[C@@]2(CCCO2)[C@@H](O)C1. The molecule has 4 nitrogen and oxygen atoms in total. The summed E-state index contributed by atoms with van der Waals surface area (Å²) < 4.78 is 5.81. The van der Waals surface area contributed by atoms with E-state index in [-0.39, 0.29) is 11.5 Å².